The Morgan fingerprint density at radius 3 is 1.80 bits per heavy atom. The molecule has 0 radical (unpaired) electrons. The average Bonchev–Trinajstić information content (AvgIpc) is 1.90. The van der Waals surface area contributed by atoms with Gasteiger partial charge in [0.15, 0.2) is 0 Å². The molecule has 1 amide bonds. The summed E-state index contributed by atoms with van der Waals surface area (Å²) in [5.74, 6) is -0.301. The third kappa shape index (κ3) is 2.33. The van der Waals surface area contributed by atoms with Crippen LogP contribution in [0.25, 0.3) is 0 Å². The number of hydroxylamine groups is 2. The van der Waals surface area contributed by atoms with Gasteiger partial charge in [0.05, 0.1) is 14.2 Å². The summed E-state index contributed by atoms with van der Waals surface area (Å²) in [7, 11) is 2.76. The van der Waals surface area contributed by atoms with Gasteiger partial charge < -0.3 is 0 Å². The van der Waals surface area contributed by atoms with Crippen molar-refractivity contribution in [1.82, 2.24) is 5.23 Å². The highest BCUT2D eigenvalue weighted by Crippen LogP contribution is 2.00. The van der Waals surface area contributed by atoms with E-state index in [1.807, 2.05) is 0 Å². The summed E-state index contributed by atoms with van der Waals surface area (Å²) < 4.78 is 0. The fourth-order valence-electron chi connectivity index (χ4n) is 0.465. The molecule has 0 unspecified atom stereocenters. The van der Waals surface area contributed by atoms with Crippen LogP contribution in [0, 0.1) is 5.92 Å². The van der Waals surface area contributed by atoms with Gasteiger partial charge in [0.25, 0.3) is 5.91 Å². The second kappa shape index (κ2) is 4.24. The van der Waals surface area contributed by atoms with Crippen molar-refractivity contribution in [3.63, 3.8) is 0 Å². The average molecular weight is 147 g/mol. The molecule has 0 spiro atoms. The van der Waals surface area contributed by atoms with E-state index < -0.39 is 0 Å². The summed E-state index contributed by atoms with van der Waals surface area (Å²) in [4.78, 5) is 20.1. The molecule has 0 N–H and O–H groups in total. The van der Waals surface area contributed by atoms with E-state index in [0.29, 0.717) is 0 Å². The van der Waals surface area contributed by atoms with Crippen LogP contribution in [0.4, 0.5) is 0 Å². The number of rotatable bonds is 3. The van der Waals surface area contributed by atoms with Gasteiger partial charge in [0, 0.05) is 5.92 Å². The molecular weight excluding hydrogens is 134 g/mol. The van der Waals surface area contributed by atoms with Crippen LogP contribution in [0.5, 0.6) is 0 Å². The Labute approximate surface area is 60.6 Å². The predicted molar refractivity (Wildman–Crippen MR) is 35.7 cm³/mol. The van der Waals surface area contributed by atoms with Crippen LogP contribution in [-0.4, -0.2) is 25.4 Å². The molecule has 0 aromatic heterocycles. The number of hydrogen-bond donors (Lipinski definition) is 0. The van der Waals surface area contributed by atoms with Crippen molar-refractivity contribution in [2.24, 2.45) is 5.92 Å². The SMILES string of the molecule is CON(OC)C(=O)C(C)C. The zero-order chi connectivity index (χ0) is 8.15. The second-order valence-corrected chi connectivity index (χ2v) is 2.12. The maximum atomic E-state index is 11.0. The van der Waals surface area contributed by atoms with Crippen molar-refractivity contribution in [2.75, 3.05) is 14.2 Å². The van der Waals surface area contributed by atoms with E-state index in [1.54, 1.807) is 13.8 Å². The fraction of sp³-hybridized carbons (Fsp3) is 0.833. The van der Waals surface area contributed by atoms with E-state index in [0.717, 1.165) is 5.23 Å². The van der Waals surface area contributed by atoms with E-state index in [9.17, 15) is 4.79 Å². The van der Waals surface area contributed by atoms with Crippen molar-refractivity contribution in [2.45, 2.75) is 13.8 Å². The molecule has 0 saturated carbocycles. The molecule has 60 valence electrons. The minimum Gasteiger partial charge on any atom is -0.270 e. The largest absolute Gasteiger partial charge is 0.276 e. The molecule has 0 atom stereocenters. The van der Waals surface area contributed by atoms with Crippen LogP contribution in [0.3, 0.4) is 0 Å². The van der Waals surface area contributed by atoms with E-state index in [4.69, 9.17) is 0 Å². The molecule has 0 aromatic carbocycles. The number of hydrogen-bond acceptors (Lipinski definition) is 3. The molecule has 4 nitrogen and oxygen atoms in total. The van der Waals surface area contributed by atoms with Gasteiger partial charge in [-0.1, -0.05) is 19.1 Å². The van der Waals surface area contributed by atoms with Crippen LogP contribution in [0.2, 0.25) is 0 Å². The Hall–Kier alpha value is -0.610. The number of carbonyl (C=O) groups is 1. The molecule has 0 rings (SSSR count). The number of carbonyl (C=O) groups excluding carboxylic acids is 1. The van der Waals surface area contributed by atoms with E-state index >= 15 is 0 Å². The Kier molecular flexibility index (Phi) is 3.99. The lowest BCUT2D eigenvalue weighted by Gasteiger charge is -2.17. The van der Waals surface area contributed by atoms with E-state index in [2.05, 4.69) is 9.68 Å². The molecule has 0 fully saturated rings. The molecular formula is C6H13NO3. The normalized spacial score (nSPS) is 10.1. The Morgan fingerprint density at radius 1 is 1.30 bits per heavy atom. The Morgan fingerprint density at radius 2 is 1.70 bits per heavy atom. The maximum absolute atomic E-state index is 11.0. The Bertz CT molecular complexity index is 110. The lowest BCUT2D eigenvalue weighted by molar-refractivity contribution is -0.319. The van der Waals surface area contributed by atoms with Gasteiger partial charge in [0.2, 0.25) is 0 Å². The van der Waals surface area contributed by atoms with Crippen LogP contribution in [-0.2, 0) is 14.5 Å². The van der Waals surface area contributed by atoms with Crippen molar-refractivity contribution in [3.8, 4) is 0 Å². The molecule has 0 aromatic rings. The van der Waals surface area contributed by atoms with Gasteiger partial charge >= 0.3 is 0 Å². The molecule has 0 heterocycles. The van der Waals surface area contributed by atoms with Gasteiger partial charge in [-0.2, -0.15) is 0 Å². The number of amides is 1. The standard InChI is InChI=1S/C6H13NO3/c1-5(2)6(8)7(9-3)10-4/h5H,1-4H3. The van der Waals surface area contributed by atoms with Gasteiger partial charge in [0.1, 0.15) is 0 Å². The van der Waals surface area contributed by atoms with E-state index in [-0.39, 0.29) is 11.8 Å². The molecule has 0 aliphatic rings. The molecule has 10 heavy (non-hydrogen) atoms. The molecule has 0 aliphatic carbocycles. The van der Waals surface area contributed by atoms with Crippen LogP contribution >= 0.6 is 0 Å². The highest BCUT2D eigenvalue weighted by molar-refractivity contribution is 5.75. The summed E-state index contributed by atoms with van der Waals surface area (Å²) in [6, 6.07) is 0. The third-order valence-corrected chi connectivity index (χ3v) is 1.01. The minimum absolute atomic E-state index is 0.111. The van der Waals surface area contributed by atoms with Crippen LogP contribution in [0.1, 0.15) is 13.8 Å². The first-order valence-electron chi connectivity index (χ1n) is 3.05. The lowest BCUT2D eigenvalue weighted by Crippen LogP contribution is -2.32. The monoisotopic (exact) mass is 147 g/mol. The van der Waals surface area contributed by atoms with Crippen molar-refractivity contribution >= 4 is 5.91 Å². The van der Waals surface area contributed by atoms with Crippen LogP contribution in [0.15, 0.2) is 0 Å². The maximum Gasteiger partial charge on any atom is 0.276 e. The molecule has 0 saturated heterocycles. The zero-order valence-electron chi connectivity index (χ0n) is 6.75. The van der Waals surface area contributed by atoms with Crippen LogP contribution < -0.4 is 0 Å². The summed E-state index contributed by atoms with van der Waals surface area (Å²) in [5, 5.41) is 0.852. The quantitative estimate of drug-likeness (QED) is 0.548. The van der Waals surface area contributed by atoms with Gasteiger partial charge in [-0.15, -0.1) is 0 Å². The summed E-state index contributed by atoms with van der Waals surface area (Å²) >= 11 is 0. The van der Waals surface area contributed by atoms with Gasteiger partial charge in [-0.05, 0) is 0 Å². The highest BCUT2D eigenvalue weighted by atomic mass is 16.9. The zero-order valence-corrected chi connectivity index (χ0v) is 6.75. The predicted octanol–water partition coefficient (Wildman–Crippen LogP) is 0.594. The molecule has 4 heteroatoms. The summed E-state index contributed by atoms with van der Waals surface area (Å²) in [6.07, 6.45) is 0. The fourth-order valence-corrected chi connectivity index (χ4v) is 0.465. The minimum atomic E-state index is -0.190. The molecule has 0 aliphatic heterocycles. The van der Waals surface area contributed by atoms with Crippen molar-refractivity contribution in [1.29, 1.82) is 0 Å². The summed E-state index contributed by atoms with van der Waals surface area (Å²) in [6.45, 7) is 3.54. The topological polar surface area (TPSA) is 38.8 Å². The third-order valence-electron chi connectivity index (χ3n) is 1.01. The van der Waals surface area contributed by atoms with E-state index in [1.165, 1.54) is 14.2 Å². The first kappa shape index (κ1) is 9.39. The van der Waals surface area contributed by atoms with Crippen molar-refractivity contribution < 1.29 is 14.5 Å². The van der Waals surface area contributed by atoms with Gasteiger partial charge in [-0.3, -0.25) is 4.79 Å². The summed E-state index contributed by atoms with van der Waals surface area (Å²) in [5.41, 5.74) is 0. The first-order valence-corrected chi connectivity index (χ1v) is 3.05. The first-order chi connectivity index (χ1) is 4.63. The second-order valence-electron chi connectivity index (χ2n) is 2.12. The Balaban J connectivity index is 3.89. The molecule has 0 bridgehead atoms. The number of nitrogens with zero attached hydrogens (tertiary/aromatic N) is 1. The smallest absolute Gasteiger partial charge is 0.270 e. The highest BCUT2D eigenvalue weighted by Gasteiger charge is 2.15. The van der Waals surface area contributed by atoms with Crippen molar-refractivity contribution in [3.05, 3.63) is 0 Å². The lowest BCUT2D eigenvalue weighted by atomic mass is 10.2. The van der Waals surface area contributed by atoms with Gasteiger partial charge in [-0.25, -0.2) is 9.68 Å².